The van der Waals surface area contributed by atoms with Crippen molar-refractivity contribution in [3.8, 4) is 0 Å². The predicted molar refractivity (Wildman–Crippen MR) is 91.7 cm³/mol. The van der Waals surface area contributed by atoms with E-state index in [1.807, 2.05) is 0 Å². The van der Waals surface area contributed by atoms with E-state index in [1.54, 1.807) is 17.0 Å². The lowest BCUT2D eigenvalue weighted by Crippen LogP contribution is -2.46. The van der Waals surface area contributed by atoms with Crippen LogP contribution in [-0.2, 0) is 14.8 Å². The number of hydrogen-bond acceptors (Lipinski definition) is 4. The van der Waals surface area contributed by atoms with Crippen molar-refractivity contribution < 1.29 is 17.6 Å². The number of likely N-dealkylation sites (tertiary alicyclic amines) is 1. The molecule has 1 heterocycles. The molecule has 1 aromatic carbocycles. The molecule has 0 aromatic heterocycles. The number of nitrogens with zero attached hydrogens (tertiary/aromatic N) is 2. The number of benzene rings is 1. The lowest BCUT2D eigenvalue weighted by Gasteiger charge is -2.34. The zero-order valence-electron chi connectivity index (χ0n) is 14.0. The average molecular weight is 357 g/mol. The highest BCUT2D eigenvalue weighted by Gasteiger charge is 2.24. The van der Waals surface area contributed by atoms with Gasteiger partial charge in [-0.3, -0.25) is 4.79 Å². The van der Waals surface area contributed by atoms with E-state index < -0.39 is 10.0 Å². The first kappa shape index (κ1) is 18.7. The Morgan fingerprint density at radius 2 is 2.04 bits per heavy atom. The number of halogens is 1. The minimum Gasteiger partial charge on any atom is -0.381 e. The molecule has 2 rings (SSSR count). The van der Waals surface area contributed by atoms with Crippen LogP contribution in [0.4, 0.5) is 10.1 Å². The number of amides is 1. The second-order valence-corrected chi connectivity index (χ2v) is 8.25. The Morgan fingerprint density at radius 3 is 2.67 bits per heavy atom. The van der Waals surface area contributed by atoms with Gasteiger partial charge in [-0.05, 0) is 37.1 Å². The Bertz CT molecular complexity index is 664. The highest BCUT2D eigenvalue weighted by atomic mass is 32.2. The first-order valence-corrected chi connectivity index (χ1v) is 9.82. The fraction of sp³-hybridized carbons (Fsp3) is 0.562. The number of nitrogens with one attached hydrogen (secondary N) is 1. The molecule has 1 atom stereocenters. The topological polar surface area (TPSA) is 69.7 Å². The van der Waals surface area contributed by atoms with Gasteiger partial charge < -0.3 is 10.2 Å². The standard InChI is InChI=1S/C16H24FN3O3S/c1-19(24(2,22)23)11-9-16(21)20-10-3-4-15(12-20)18-14-7-5-13(17)6-8-14/h5-8,15,18H,3-4,9-12H2,1-2H3. The SMILES string of the molecule is CN(CCC(=O)N1CCCC(Nc2ccc(F)cc2)C1)S(C)(=O)=O. The third kappa shape index (κ3) is 5.45. The van der Waals surface area contributed by atoms with E-state index in [1.165, 1.54) is 23.5 Å². The second kappa shape index (κ2) is 7.94. The fourth-order valence-corrected chi connectivity index (χ4v) is 3.10. The number of rotatable bonds is 6. The minimum absolute atomic E-state index is 0.0453. The van der Waals surface area contributed by atoms with Crippen molar-refractivity contribution >= 4 is 21.6 Å². The van der Waals surface area contributed by atoms with Crippen LogP contribution in [0.25, 0.3) is 0 Å². The Morgan fingerprint density at radius 1 is 1.38 bits per heavy atom. The van der Waals surface area contributed by atoms with Gasteiger partial charge in [0.05, 0.1) is 6.26 Å². The van der Waals surface area contributed by atoms with Gasteiger partial charge in [0, 0.05) is 44.8 Å². The van der Waals surface area contributed by atoms with Crippen LogP contribution in [0.3, 0.4) is 0 Å². The van der Waals surface area contributed by atoms with Crippen LogP contribution in [0.15, 0.2) is 24.3 Å². The first-order chi connectivity index (χ1) is 11.3. The van der Waals surface area contributed by atoms with Crippen LogP contribution in [0.5, 0.6) is 0 Å². The smallest absolute Gasteiger partial charge is 0.223 e. The molecule has 1 aromatic rings. The molecule has 8 heteroatoms. The van der Waals surface area contributed by atoms with Crippen molar-refractivity contribution in [3.63, 3.8) is 0 Å². The van der Waals surface area contributed by atoms with Crippen LogP contribution >= 0.6 is 0 Å². The molecule has 1 amide bonds. The highest BCUT2D eigenvalue weighted by molar-refractivity contribution is 7.88. The van der Waals surface area contributed by atoms with Gasteiger partial charge in [0.1, 0.15) is 5.82 Å². The number of carbonyl (C=O) groups excluding carboxylic acids is 1. The third-order valence-electron chi connectivity index (χ3n) is 4.20. The summed E-state index contributed by atoms with van der Waals surface area (Å²) in [6.45, 7) is 1.44. The summed E-state index contributed by atoms with van der Waals surface area (Å²) >= 11 is 0. The van der Waals surface area contributed by atoms with Gasteiger partial charge in [-0.15, -0.1) is 0 Å². The summed E-state index contributed by atoms with van der Waals surface area (Å²) in [5.74, 6) is -0.327. The third-order valence-corrected chi connectivity index (χ3v) is 5.51. The Hall–Kier alpha value is -1.67. The van der Waals surface area contributed by atoms with Crippen molar-refractivity contribution in [1.82, 2.24) is 9.21 Å². The number of carbonyl (C=O) groups is 1. The second-order valence-electron chi connectivity index (χ2n) is 6.16. The predicted octanol–water partition coefficient (Wildman–Crippen LogP) is 1.51. The maximum Gasteiger partial charge on any atom is 0.223 e. The van der Waals surface area contributed by atoms with Crippen LogP contribution < -0.4 is 5.32 Å². The molecule has 6 nitrogen and oxygen atoms in total. The van der Waals surface area contributed by atoms with Crippen LogP contribution in [0.1, 0.15) is 19.3 Å². The van der Waals surface area contributed by atoms with E-state index in [0.717, 1.165) is 24.8 Å². The van der Waals surface area contributed by atoms with Gasteiger partial charge in [0.2, 0.25) is 15.9 Å². The normalized spacial score (nSPS) is 18.7. The molecule has 0 spiro atoms. The molecule has 1 aliphatic heterocycles. The zero-order chi connectivity index (χ0) is 17.7. The van der Waals surface area contributed by atoms with Crippen LogP contribution in [-0.4, -0.2) is 62.5 Å². The largest absolute Gasteiger partial charge is 0.381 e. The van der Waals surface area contributed by atoms with Crippen molar-refractivity contribution in [3.05, 3.63) is 30.1 Å². The van der Waals surface area contributed by atoms with Gasteiger partial charge in [-0.25, -0.2) is 17.1 Å². The first-order valence-electron chi connectivity index (χ1n) is 7.97. The lowest BCUT2D eigenvalue weighted by atomic mass is 10.0. The van der Waals surface area contributed by atoms with Crippen LogP contribution in [0, 0.1) is 5.82 Å². The Labute approximate surface area is 142 Å². The monoisotopic (exact) mass is 357 g/mol. The maximum atomic E-state index is 12.9. The Kier molecular flexibility index (Phi) is 6.17. The molecule has 0 aliphatic carbocycles. The fourth-order valence-electron chi connectivity index (χ4n) is 2.68. The number of sulfonamides is 1. The van der Waals surface area contributed by atoms with E-state index in [2.05, 4.69) is 5.32 Å². The molecule has 0 saturated carbocycles. The molecule has 1 saturated heterocycles. The molecule has 134 valence electrons. The van der Waals surface area contributed by atoms with Gasteiger partial charge in [-0.1, -0.05) is 0 Å². The summed E-state index contributed by atoms with van der Waals surface area (Å²) < 4.78 is 36.9. The molecule has 1 N–H and O–H groups in total. The summed E-state index contributed by atoms with van der Waals surface area (Å²) in [5.41, 5.74) is 0.826. The number of anilines is 1. The van der Waals surface area contributed by atoms with Crippen molar-refractivity contribution in [2.24, 2.45) is 0 Å². The zero-order valence-corrected chi connectivity index (χ0v) is 14.9. The van der Waals surface area contributed by atoms with E-state index >= 15 is 0 Å². The summed E-state index contributed by atoms with van der Waals surface area (Å²) in [6.07, 6.45) is 3.12. The maximum absolute atomic E-state index is 12.9. The van der Waals surface area contributed by atoms with Crippen molar-refractivity contribution in [1.29, 1.82) is 0 Å². The summed E-state index contributed by atoms with van der Waals surface area (Å²) in [5, 5.41) is 3.32. The van der Waals surface area contributed by atoms with Gasteiger partial charge >= 0.3 is 0 Å². The highest BCUT2D eigenvalue weighted by Crippen LogP contribution is 2.17. The molecule has 1 aliphatic rings. The van der Waals surface area contributed by atoms with Crippen LogP contribution in [0.2, 0.25) is 0 Å². The number of hydrogen-bond donors (Lipinski definition) is 1. The molecule has 1 fully saturated rings. The lowest BCUT2D eigenvalue weighted by molar-refractivity contribution is -0.132. The molecular formula is C16H24FN3O3S. The van der Waals surface area contributed by atoms with Crippen molar-refractivity contribution in [2.75, 3.05) is 38.3 Å². The summed E-state index contributed by atoms with van der Waals surface area (Å²) in [6, 6.07) is 6.26. The van der Waals surface area contributed by atoms with Gasteiger partial charge in [0.25, 0.3) is 0 Å². The van der Waals surface area contributed by atoms with Gasteiger partial charge in [-0.2, -0.15) is 0 Å². The van der Waals surface area contributed by atoms with E-state index in [-0.39, 0.29) is 30.7 Å². The molecule has 0 bridgehead atoms. The molecule has 24 heavy (non-hydrogen) atoms. The molecule has 1 unspecified atom stereocenters. The minimum atomic E-state index is -3.26. The average Bonchev–Trinajstić information content (AvgIpc) is 2.54. The number of piperidine rings is 1. The van der Waals surface area contributed by atoms with E-state index in [0.29, 0.717) is 13.1 Å². The van der Waals surface area contributed by atoms with Crippen molar-refractivity contribution in [2.45, 2.75) is 25.3 Å². The van der Waals surface area contributed by atoms with E-state index in [4.69, 9.17) is 0 Å². The molecule has 0 radical (unpaired) electrons. The summed E-state index contributed by atoms with van der Waals surface area (Å²) in [7, 11) is -1.79. The van der Waals surface area contributed by atoms with Gasteiger partial charge in [0.15, 0.2) is 0 Å². The molecular weight excluding hydrogens is 333 g/mol. The quantitative estimate of drug-likeness (QED) is 0.838. The Balaban J connectivity index is 1.85. The van der Waals surface area contributed by atoms with E-state index in [9.17, 15) is 17.6 Å². The summed E-state index contributed by atoms with van der Waals surface area (Å²) in [4.78, 5) is 14.1.